The van der Waals surface area contributed by atoms with E-state index in [9.17, 15) is 9.59 Å². The second-order valence-electron chi connectivity index (χ2n) is 2.67. The van der Waals surface area contributed by atoms with Gasteiger partial charge in [0, 0.05) is 11.6 Å². The number of rotatable bonds is 1. The molecule has 0 amide bonds. The van der Waals surface area contributed by atoms with E-state index < -0.39 is 5.97 Å². The number of carboxylic acids is 1. The molecule has 0 unspecified atom stereocenters. The molecule has 13 heavy (non-hydrogen) atoms. The van der Waals surface area contributed by atoms with Gasteiger partial charge in [-0.2, -0.15) is 0 Å². The van der Waals surface area contributed by atoms with E-state index in [1.54, 1.807) is 6.08 Å². The van der Waals surface area contributed by atoms with Crippen molar-refractivity contribution in [2.45, 2.75) is 0 Å². The van der Waals surface area contributed by atoms with Crippen LogP contribution in [0, 0.1) is 0 Å². The van der Waals surface area contributed by atoms with Crippen LogP contribution in [-0.4, -0.2) is 22.6 Å². The van der Waals surface area contributed by atoms with Crippen molar-refractivity contribution in [1.29, 1.82) is 0 Å². The Hall–Kier alpha value is -1.97. The van der Waals surface area contributed by atoms with Crippen molar-refractivity contribution in [3.8, 4) is 0 Å². The van der Waals surface area contributed by atoms with Crippen molar-refractivity contribution in [3.05, 3.63) is 35.6 Å². The highest BCUT2D eigenvalue weighted by atomic mass is 16.4. The zero-order chi connectivity index (χ0) is 9.42. The molecule has 0 aromatic rings. The molecule has 0 saturated heterocycles. The van der Waals surface area contributed by atoms with Gasteiger partial charge in [-0.25, -0.2) is 9.79 Å². The third kappa shape index (κ3) is 1.22. The molecular formula is C9H5NO3. The van der Waals surface area contributed by atoms with E-state index in [0.717, 1.165) is 0 Å². The molecule has 0 atom stereocenters. The van der Waals surface area contributed by atoms with Crippen LogP contribution in [0.2, 0.25) is 0 Å². The standard InChI is InChI=1S/C9H5NO3/c11-6-2-1-5-3-8(9(12)13)10-7(5)4-6/h1-4H,(H,12,13). The SMILES string of the molecule is O=C1C=CC2=CC(C(=O)O)=NC2=C1. The molecule has 0 saturated carbocycles. The predicted molar refractivity (Wildman–Crippen MR) is 45.4 cm³/mol. The smallest absolute Gasteiger partial charge is 0.354 e. The molecule has 4 nitrogen and oxygen atoms in total. The molecule has 64 valence electrons. The number of aliphatic carboxylic acids is 1. The van der Waals surface area contributed by atoms with Crippen LogP contribution in [0.15, 0.2) is 40.6 Å². The van der Waals surface area contributed by atoms with E-state index in [1.807, 2.05) is 0 Å². The summed E-state index contributed by atoms with van der Waals surface area (Å²) in [6, 6.07) is 0. The number of allylic oxidation sites excluding steroid dienone is 3. The van der Waals surface area contributed by atoms with Crippen LogP contribution in [0.1, 0.15) is 0 Å². The molecule has 1 heterocycles. The van der Waals surface area contributed by atoms with Gasteiger partial charge in [0.25, 0.3) is 0 Å². The Morgan fingerprint density at radius 1 is 1.31 bits per heavy atom. The van der Waals surface area contributed by atoms with E-state index in [4.69, 9.17) is 5.11 Å². The summed E-state index contributed by atoms with van der Waals surface area (Å²) in [5.74, 6) is -1.24. The molecule has 4 heteroatoms. The number of carbonyl (C=O) groups excluding carboxylic acids is 1. The van der Waals surface area contributed by atoms with Crippen molar-refractivity contribution in [1.82, 2.24) is 0 Å². The fourth-order valence-electron chi connectivity index (χ4n) is 1.16. The monoisotopic (exact) mass is 175 g/mol. The minimum absolute atomic E-state index is 0.0272. The first-order valence-electron chi connectivity index (χ1n) is 3.64. The van der Waals surface area contributed by atoms with Crippen LogP contribution in [0.5, 0.6) is 0 Å². The highest BCUT2D eigenvalue weighted by Gasteiger charge is 2.19. The van der Waals surface area contributed by atoms with Gasteiger partial charge in [0.15, 0.2) is 5.78 Å². The topological polar surface area (TPSA) is 66.7 Å². The number of fused-ring (bicyclic) bond motifs is 1. The quantitative estimate of drug-likeness (QED) is 0.630. The molecule has 0 radical (unpaired) electrons. The second kappa shape index (κ2) is 2.52. The third-order valence-corrected chi connectivity index (χ3v) is 1.75. The van der Waals surface area contributed by atoms with Crippen molar-refractivity contribution in [2.75, 3.05) is 0 Å². The largest absolute Gasteiger partial charge is 0.477 e. The van der Waals surface area contributed by atoms with Gasteiger partial charge in [0.2, 0.25) is 0 Å². The van der Waals surface area contributed by atoms with Crippen molar-refractivity contribution < 1.29 is 14.7 Å². The molecule has 0 aromatic carbocycles. The van der Waals surface area contributed by atoms with Gasteiger partial charge in [-0.3, -0.25) is 4.79 Å². The van der Waals surface area contributed by atoms with Crippen molar-refractivity contribution in [2.24, 2.45) is 4.99 Å². The first kappa shape index (κ1) is 7.67. The Balaban J connectivity index is 2.45. The van der Waals surface area contributed by atoms with Gasteiger partial charge < -0.3 is 5.11 Å². The zero-order valence-electron chi connectivity index (χ0n) is 6.52. The normalized spacial score (nSPS) is 19.1. The summed E-state index contributed by atoms with van der Waals surface area (Å²) in [6.07, 6.45) is 5.71. The number of hydrogen-bond donors (Lipinski definition) is 1. The number of nitrogens with zero attached hydrogens (tertiary/aromatic N) is 1. The van der Waals surface area contributed by atoms with Gasteiger partial charge in [-0.15, -0.1) is 0 Å². The lowest BCUT2D eigenvalue weighted by atomic mass is 10.1. The Morgan fingerprint density at radius 2 is 2.08 bits per heavy atom. The van der Waals surface area contributed by atoms with Crippen LogP contribution in [0.4, 0.5) is 0 Å². The highest BCUT2D eigenvalue weighted by molar-refractivity contribution is 6.42. The summed E-state index contributed by atoms with van der Waals surface area (Å²) in [5, 5.41) is 8.61. The van der Waals surface area contributed by atoms with Crippen LogP contribution in [0.25, 0.3) is 0 Å². The summed E-state index contributed by atoms with van der Waals surface area (Å²) >= 11 is 0. The minimum Gasteiger partial charge on any atom is -0.477 e. The molecular weight excluding hydrogens is 170 g/mol. The van der Waals surface area contributed by atoms with Crippen molar-refractivity contribution >= 4 is 17.5 Å². The predicted octanol–water partition coefficient (Wildman–Crippen LogP) is 0.475. The summed E-state index contributed by atoms with van der Waals surface area (Å²) in [6.45, 7) is 0. The number of hydrogen-bond acceptors (Lipinski definition) is 3. The molecule has 1 aliphatic heterocycles. The number of ketones is 1. The molecule has 0 bridgehead atoms. The molecule has 2 aliphatic rings. The third-order valence-electron chi connectivity index (χ3n) is 1.75. The fraction of sp³-hybridized carbons (Fsp3) is 0. The van der Waals surface area contributed by atoms with Gasteiger partial charge in [0.1, 0.15) is 5.71 Å². The van der Waals surface area contributed by atoms with E-state index in [0.29, 0.717) is 11.3 Å². The van der Waals surface area contributed by atoms with Gasteiger partial charge in [-0.05, 0) is 18.2 Å². The average Bonchev–Trinajstić information content (AvgIpc) is 2.46. The Morgan fingerprint density at radius 3 is 2.77 bits per heavy atom. The van der Waals surface area contributed by atoms with Crippen LogP contribution < -0.4 is 0 Å². The molecule has 0 fully saturated rings. The summed E-state index contributed by atoms with van der Waals surface area (Å²) < 4.78 is 0. The van der Waals surface area contributed by atoms with Crippen LogP contribution in [0.3, 0.4) is 0 Å². The van der Waals surface area contributed by atoms with E-state index in [-0.39, 0.29) is 11.5 Å². The van der Waals surface area contributed by atoms with E-state index in [1.165, 1.54) is 18.2 Å². The molecule has 1 aliphatic carbocycles. The summed E-state index contributed by atoms with van der Waals surface area (Å²) in [5.41, 5.74) is 1.09. The van der Waals surface area contributed by atoms with Gasteiger partial charge in [-0.1, -0.05) is 0 Å². The Bertz CT molecular complexity index is 424. The maximum absolute atomic E-state index is 10.9. The van der Waals surface area contributed by atoms with Gasteiger partial charge in [0.05, 0.1) is 5.70 Å². The molecule has 0 aromatic heterocycles. The lowest BCUT2D eigenvalue weighted by molar-refractivity contribution is -0.129. The number of aliphatic imine (C=N–C) groups is 1. The Labute approximate surface area is 73.6 Å². The lowest BCUT2D eigenvalue weighted by Gasteiger charge is -1.99. The molecule has 2 rings (SSSR count). The maximum Gasteiger partial charge on any atom is 0.354 e. The van der Waals surface area contributed by atoms with Crippen LogP contribution >= 0.6 is 0 Å². The number of carbonyl (C=O) groups is 2. The highest BCUT2D eigenvalue weighted by Crippen LogP contribution is 2.23. The van der Waals surface area contributed by atoms with E-state index >= 15 is 0 Å². The summed E-state index contributed by atoms with van der Waals surface area (Å²) in [4.78, 5) is 25.2. The first-order valence-corrected chi connectivity index (χ1v) is 3.64. The van der Waals surface area contributed by atoms with E-state index in [2.05, 4.69) is 4.99 Å². The second-order valence-corrected chi connectivity index (χ2v) is 2.67. The number of carboxylic acid groups (broad SMARTS) is 1. The maximum atomic E-state index is 10.9. The first-order chi connectivity index (χ1) is 6.16. The fourth-order valence-corrected chi connectivity index (χ4v) is 1.16. The minimum atomic E-state index is -1.08. The summed E-state index contributed by atoms with van der Waals surface area (Å²) in [7, 11) is 0. The lowest BCUT2D eigenvalue weighted by Crippen LogP contribution is -2.07. The Kier molecular flexibility index (Phi) is 1.48. The zero-order valence-corrected chi connectivity index (χ0v) is 6.52. The van der Waals surface area contributed by atoms with Gasteiger partial charge >= 0.3 is 5.97 Å². The van der Waals surface area contributed by atoms with Crippen molar-refractivity contribution in [3.63, 3.8) is 0 Å². The molecule has 0 spiro atoms. The van der Waals surface area contributed by atoms with Crippen LogP contribution in [-0.2, 0) is 9.59 Å². The average molecular weight is 175 g/mol. The molecule has 1 N–H and O–H groups in total.